The van der Waals surface area contributed by atoms with Gasteiger partial charge in [0.2, 0.25) is 0 Å². The van der Waals surface area contributed by atoms with Crippen LogP contribution in [0.5, 0.6) is 0 Å². The number of nitrogens with zero attached hydrogens (tertiary/aromatic N) is 1. The Hall–Kier alpha value is -2.69. The Bertz CT molecular complexity index is 1520. The maximum absolute atomic E-state index is 13.0. The van der Waals surface area contributed by atoms with Crippen molar-refractivity contribution >= 4 is 46.7 Å². The van der Waals surface area contributed by atoms with Gasteiger partial charge in [0, 0.05) is 25.1 Å². The van der Waals surface area contributed by atoms with Crippen LogP contribution in [-0.2, 0) is 37.0 Å². The number of rotatable bonds is 9. The maximum atomic E-state index is 13.0. The summed E-state index contributed by atoms with van der Waals surface area (Å²) in [5, 5.41) is 12.2. The van der Waals surface area contributed by atoms with Crippen molar-refractivity contribution in [2.75, 3.05) is 13.1 Å². The van der Waals surface area contributed by atoms with Gasteiger partial charge in [0.15, 0.2) is 6.29 Å². The average molecular weight is 704 g/mol. The first-order chi connectivity index (χ1) is 22.3. The summed E-state index contributed by atoms with van der Waals surface area (Å²) in [5.74, 6) is -0.877. The molecule has 2 aliphatic rings. The second kappa shape index (κ2) is 15.2. The van der Waals surface area contributed by atoms with Crippen molar-refractivity contribution in [2.45, 2.75) is 87.1 Å². The van der Waals surface area contributed by atoms with Gasteiger partial charge in [-0.05, 0) is 74.0 Å². The number of hydrogen-bond acceptors (Lipinski definition) is 7. The minimum Gasteiger partial charge on any atom is -0.459 e. The minimum atomic E-state index is -2.02. The molecule has 3 aromatic carbocycles. The molecular weight excluding hydrogens is 663 g/mol. The monoisotopic (exact) mass is 702 g/mol. The molecule has 252 valence electrons. The van der Waals surface area contributed by atoms with Crippen molar-refractivity contribution in [2.24, 2.45) is 0 Å². The van der Waals surface area contributed by atoms with Crippen LogP contribution >= 0.6 is 34.8 Å². The normalized spacial score (nSPS) is 22.2. The van der Waals surface area contributed by atoms with Crippen molar-refractivity contribution in [3.8, 4) is 11.1 Å². The Morgan fingerprint density at radius 2 is 1.64 bits per heavy atom. The van der Waals surface area contributed by atoms with E-state index in [1.165, 1.54) is 0 Å². The molecule has 2 N–H and O–H groups in total. The highest BCUT2D eigenvalue weighted by Crippen LogP contribution is 2.39. The SMILES string of the molecule is CC(C)(C)OC(=O)[C@@H]1CCCN1C[C@H]1C[C@@H](c2ccc(CO)cc2)O[C@@H](c2ccc(-c3cccc(CNC(=O)C(Cl)(Cl)Cl)c3)cc2)O1. The lowest BCUT2D eigenvalue weighted by Crippen LogP contribution is -2.45. The molecule has 0 unspecified atom stereocenters. The van der Waals surface area contributed by atoms with Crippen molar-refractivity contribution in [1.82, 2.24) is 10.2 Å². The smallest absolute Gasteiger partial charge is 0.323 e. The molecule has 5 rings (SSSR count). The van der Waals surface area contributed by atoms with Crippen LogP contribution in [0.25, 0.3) is 11.1 Å². The van der Waals surface area contributed by atoms with E-state index in [4.69, 9.17) is 49.0 Å². The van der Waals surface area contributed by atoms with E-state index in [1.807, 2.05) is 93.6 Å². The van der Waals surface area contributed by atoms with E-state index in [-0.39, 0.29) is 37.4 Å². The van der Waals surface area contributed by atoms with Crippen LogP contribution < -0.4 is 5.32 Å². The zero-order chi connectivity index (χ0) is 33.8. The van der Waals surface area contributed by atoms with Crippen molar-refractivity contribution in [3.63, 3.8) is 0 Å². The number of halogens is 3. The Labute approximate surface area is 291 Å². The Morgan fingerprint density at radius 3 is 2.30 bits per heavy atom. The first-order valence-corrected chi connectivity index (χ1v) is 16.9. The molecule has 11 heteroatoms. The lowest BCUT2D eigenvalue weighted by Gasteiger charge is -2.38. The summed E-state index contributed by atoms with van der Waals surface area (Å²) in [5.41, 5.74) is 4.95. The molecule has 3 aromatic rings. The predicted octanol–water partition coefficient (Wildman–Crippen LogP) is 7.18. The Morgan fingerprint density at radius 1 is 0.936 bits per heavy atom. The van der Waals surface area contributed by atoms with Crippen LogP contribution in [-0.4, -0.2) is 56.5 Å². The molecule has 1 amide bonds. The predicted molar refractivity (Wildman–Crippen MR) is 183 cm³/mol. The summed E-state index contributed by atoms with van der Waals surface area (Å²) in [4.78, 5) is 27.2. The zero-order valence-corrected chi connectivity index (χ0v) is 29.0. The van der Waals surface area contributed by atoms with E-state index in [1.54, 1.807) is 0 Å². The maximum Gasteiger partial charge on any atom is 0.323 e. The van der Waals surface area contributed by atoms with Crippen LogP contribution in [0.1, 0.15) is 74.7 Å². The highest BCUT2D eigenvalue weighted by atomic mass is 35.6. The molecule has 0 radical (unpaired) electrons. The molecule has 2 heterocycles. The highest BCUT2D eigenvalue weighted by molar-refractivity contribution is 6.76. The standard InChI is InChI=1S/C36H41Cl3N2O6/c1-35(2,3)47-32(43)30-8-5-17-41(30)21-29-19-31(26-11-9-23(22-42)10-12-26)46-33(45-29)27-15-13-25(14-16-27)28-7-4-6-24(18-28)20-40-34(44)36(37,38)39/h4,6-7,9-16,18,29-31,33,42H,5,8,17,19-22H2,1-3H3,(H,40,44)/t29-,30+,31+,33+/m1/s1. The molecular formula is C36H41Cl3N2O6. The molecule has 0 aliphatic carbocycles. The van der Waals surface area contributed by atoms with E-state index in [2.05, 4.69) is 10.2 Å². The van der Waals surface area contributed by atoms with Gasteiger partial charge < -0.3 is 24.6 Å². The molecule has 8 nitrogen and oxygen atoms in total. The Kier molecular flexibility index (Phi) is 11.6. The topological polar surface area (TPSA) is 97.3 Å². The number of amides is 1. The van der Waals surface area contributed by atoms with E-state index >= 15 is 0 Å². The van der Waals surface area contributed by atoms with Gasteiger partial charge in [-0.25, -0.2) is 0 Å². The summed E-state index contributed by atoms with van der Waals surface area (Å²) in [6.45, 7) is 7.23. The van der Waals surface area contributed by atoms with Crippen LogP contribution in [0.2, 0.25) is 0 Å². The number of ether oxygens (including phenoxy) is 3. The molecule has 4 atom stereocenters. The number of alkyl halides is 3. The van der Waals surface area contributed by atoms with E-state index < -0.39 is 21.6 Å². The number of nitrogens with one attached hydrogen (secondary N) is 1. The van der Waals surface area contributed by atoms with Crippen LogP contribution in [0.15, 0.2) is 72.8 Å². The summed E-state index contributed by atoms with van der Waals surface area (Å²) in [7, 11) is 0. The first kappa shape index (κ1) is 35.6. The fourth-order valence-electron chi connectivity index (χ4n) is 5.95. The zero-order valence-electron chi connectivity index (χ0n) is 26.8. The molecule has 0 spiro atoms. The second-order valence-electron chi connectivity index (χ2n) is 13.0. The van der Waals surface area contributed by atoms with Gasteiger partial charge in [0.05, 0.1) is 18.8 Å². The van der Waals surface area contributed by atoms with Crippen LogP contribution in [0.4, 0.5) is 0 Å². The molecule has 0 aromatic heterocycles. The second-order valence-corrected chi connectivity index (χ2v) is 15.3. The van der Waals surface area contributed by atoms with E-state index in [9.17, 15) is 14.7 Å². The molecule has 0 bridgehead atoms. The summed E-state index contributed by atoms with van der Waals surface area (Å²) in [6.07, 6.45) is 1.23. The fourth-order valence-corrected chi connectivity index (χ4v) is 6.15. The van der Waals surface area contributed by atoms with Gasteiger partial charge in [0.25, 0.3) is 9.70 Å². The number of carbonyl (C=O) groups excluding carboxylic acids is 2. The van der Waals surface area contributed by atoms with Gasteiger partial charge in [-0.3, -0.25) is 14.5 Å². The number of aliphatic hydroxyl groups excluding tert-OH is 1. The summed E-state index contributed by atoms with van der Waals surface area (Å²) >= 11 is 17.0. The van der Waals surface area contributed by atoms with Crippen molar-refractivity contribution < 1.29 is 28.9 Å². The lowest BCUT2D eigenvalue weighted by molar-refractivity contribution is -0.253. The molecule has 2 aliphatic heterocycles. The first-order valence-electron chi connectivity index (χ1n) is 15.8. The third kappa shape index (κ3) is 9.70. The quantitative estimate of drug-likeness (QED) is 0.180. The van der Waals surface area contributed by atoms with Gasteiger partial charge in [0.1, 0.15) is 11.6 Å². The van der Waals surface area contributed by atoms with Crippen LogP contribution in [0, 0.1) is 0 Å². The number of aliphatic hydroxyl groups is 1. The van der Waals surface area contributed by atoms with Gasteiger partial charge >= 0.3 is 5.97 Å². The minimum absolute atomic E-state index is 0.0277. The van der Waals surface area contributed by atoms with Gasteiger partial charge in [-0.1, -0.05) is 102 Å². The number of benzene rings is 3. The van der Waals surface area contributed by atoms with Gasteiger partial charge in [-0.2, -0.15) is 0 Å². The summed E-state index contributed by atoms with van der Waals surface area (Å²) in [6, 6.07) is 23.2. The largest absolute Gasteiger partial charge is 0.459 e. The molecule has 2 saturated heterocycles. The van der Waals surface area contributed by atoms with Crippen molar-refractivity contribution in [3.05, 3.63) is 95.1 Å². The number of carbonyl (C=O) groups is 2. The number of esters is 1. The average Bonchev–Trinajstić information content (AvgIpc) is 3.51. The van der Waals surface area contributed by atoms with Crippen LogP contribution in [0.3, 0.4) is 0 Å². The number of hydrogen-bond donors (Lipinski definition) is 2. The summed E-state index contributed by atoms with van der Waals surface area (Å²) < 4.78 is 16.8. The molecule has 2 fully saturated rings. The molecule has 0 saturated carbocycles. The third-order valence-corrected chi connectivity index (χ3v) is 8.76. The lowest BCUT2D eigenvalue weighted by atomic mass is 9.98. The Balaban J connectivity index is 1.33. The number of likely N-dealkylation sites (tertiary alicyclic amines) is 1. The van der Waals surface area contributed by atoms with Gasteiger partial charge in [-0.15, -0.1) is 0 Å². The fraction of sp³-hybridized carbons (Fsp3) is 0.444. The van der Waals surface area contributed by atoms with E-state index in [0.29, 0.717) is 13.0 Å². The third-order valence-electron chi connectivity index (χ3n) is 8.25. The van der Waals surface area contributed by atoms with Crippen molar-refractivity contribution in [1.29, 1.82) is 0 Å². The molecule has 47 heavy (non-hydrogen) atoms. The highest BCUT2D eigenvalue weighted by Gasteiger charge is 2.39. The van der Waals surface area contributed by atoms with E-state index in [0.717, 1.165) is 52.8 Å².